The van der Waals surface area contributed by atoms with Crippen LogP contribution in [0.5, 0.6) is 0 Å². The number of hydrogen-bond donors (Lipinski definition) is 0. The summed E-state index contributed by atoms with van der Waals surface area (Å²) in [4.78, 5) is 15.8. The average Bonchev–Trinajstić information content (AvgIpc) is 2.56. The normalized spacial score (nSPS) is 10.7. The van der Waals surface area contributed by atoms with Crippen molar-refractivity contribution in [2.45, 2.75) is 0 Å². The first-order valence-electron chi connectivity index (χ1n) is 4.23. The predicted molar refractivity (Wildman–Crippen MR) is 58.8 cm³/mol. The number of fused-ring (bicyclic) bond motifs is 1. The highest BCUT2D eigenvalue weighted by Gasteiger charge is 2.12. The molecule has 0 atom stereocenters. The Bertz CT molecular complexity index is 490. The first-order chi connectivity index (χ1) is 6.74. The van der Waals surface area contributed by atoms with Crippen LogP contribution in [0.1, 0.15) is 10.4 Å². The summed E-state index contributed by atoms with van der Waals surface area (Å²) >= 11 is 3.17. The molecule has 0 N–H and O–H groups in total. The number of ketones is 1. The number of rotatable bonds is 2. The smallest absolute Gasteiger partial charge is 0.175 e. The number of pyridine rings is 1. The standard InChI is InChI=1S/C10H9BrN2O/c1-13-6-8(9(14)5-11)7-3-2-4-12-10(7)13/h2-4,6H,5H2,1H3. The van der Waals surface area contributed by atoms with Crippen LogP contribution in [0.4, 0.5) is 0 Å². The first-order valence-corrected chi connectivity index (χ1v) is 5.35. The van der Waals surface area contributed by atoms with Crippen LogP contribution in [-0.4, -0.2) is 20.7 Å². The van der Waals surface area contributed by atoms with E-state index in [9.17, 15) is 4.79 Å². The summed E-state index contributed by atoms with van der Waals surface area (Å²) in [6.07, 6.45) is 3.55. The third kappa shape index (κ3) is 1.35. The molecule has 0 radical (unpaired) electrons. The van der Waals surface area contributed by atoms with Gasteiger partial charge in [0.15, 0.2) is 5.78 Å². The van der Waals surface area contributed by atoms with Crippen molar-refractivity contribution in [2.75, 3.05) is 5.33 Å². The van der Waals surface area contributed by atoms with Crippen molar-refractivity contribution in [3.05, 3.63) is 30.1 Å². The van der Waals surface area contributed by atoms with Crippen LogP contribution < -0.4 is 0 Å². The summed E-state index contributed by atoms with van der Waals surface area (Å²) in [5, 5.41) is 1.26. The van der Waals surface area contributed by atoms with Gasteiger partial charge in [-0.3, -0.25) is 4.79 Å². The summed E-state index contributed by atoms with van der Waals surface area (Å²) in [7, 11) is 1.89. The van der Waals surface area contributed by atoms with E-state index in [1.54, 1.807) is 6.20 Å². The molecule has 0 aliphatic heterocycles. The number of alkyl halides is 1. The molecule has 0 unspecified atom stereocenters. The number of nitrogens with zero attached hydrogens (tertiary/aromatic N) is 2. The van der Waals surface area contributed by atoms with Crippen LogP contribution in [-0.2, 0) is 7.05 Å². The number of aromatic nitrogens is 2. The molecule has 0 fully saturated rings. The zero-order valence-electron chi connectivity index (χ0n) is 7.70. The van der Waals surface area contributed by atoms with Crippen LogP contribution in [0.3, 0.4) is 0 Å². The van der Waals surface area contributed by atoms with Crippen LogP contribution >= 0.6 is 15.9 Å². The molecular formula is C10H9BrN2O. The number of hydrogen-bond acceptors (Lipinski definition) is 2. The Morgan fingerprint density at radius 1 is 1.64 bits per heavy atom. The Morgan fingerprint density at radius 2 is 2.43 bits per heavy atom. The number of carbonyl (C=O) groups excluding carboxylic acids is 1. The second-order valence-electron chi connectivity index (χ2n) is 3.09. The molecule has 14 heavy (non-hydrogen) atoms. The van der Waals surface area contributed by atoms with Gasteiger partial charge in [-0.05, 0) is 12.1 Å². The van der Waals surface area contributed by atoms with Gasteiger partial charge in [0.2, 0.25) is 0 Å². The highest BCUT2D eigenvalue weighted by molar-refractivity contribution is 9.09. The van der Waals surface area contributed by atoms with E-state index in [0.29, 0.717) is 5.33 Å². The molecule has 0 aliphatic rings. The van der Waals surface area contributed by atoms with E-state index < -0.39 is 0 Å². The molecule has 2 rings (SSSR count). The van der Waals surface area contributed by atoms with Crippen molar-refractivity contribution in [3.8, 4) is 0 Å². The first kappa shape index (κ1) is 9.40. The lowest BCUT2D eigenvalue weighted by molar-refractivity contribution is 0.102. The van der Waals surface area contributed by atoms with Crippen molar-refractivity contribution >= 4 is 32.7 Å². The van der Waals surface area contributed by atoms with Crippen LogP contribution in [0.25, 0.3) is 11.0 Å². The number of Topliss-reactive ketones (excluding diaryl/α,β-unsaturated/α-hetero) is 1. The van der Waals surface area contributed by atoms with E-state index in [1.807, 2.05) is 29.9 Å². The lowest BCUT2D eigenvalue weighted by atomic mass is 10.2. The molecule has 2 aromatic heterocycles. The summed E-state index contributed by atoms with van der Waals surface area (Å²) in [5.74, 6) is 0.0867. The molecule has 2 aromatic rings. The van der Waals surface area contributed by atoms with Gasteiger partial charge in [0.1, 0.15) is 5.65 Å². The Balaban J connectivity index is 2.72. The monoisotopic (exact) mass is 252 g/mol. The van der Waals surface area contributed by atoms with Crippen LogP contribution in [0.2, 0.25) is 0 Å². The minimum Gasteiger partial charge on any atom is -0.335 e. The molecule has 0 spiro atoms. The van der Waals surface area contributed by atoms with Gasteiger partial charge in [0.05, 0.1) is 5.33 Å². The third-order valence-corrected chi connectivity index (χ3v) is 2.66. The summed E-state index contributed by atoms with van der Waals surface area (Å²) < 4.78 is 1.87. The maximum absolute atomic E-state index is 11.6. The molecule has 0 saturated heterocycles. The van der Waals surface area contributed by atoms with E-state index in [2.05, 4.69) is 20.9 Å². The Morgan fingerprint density at radius 3 is 3.14 bits per heavy atom. The fourth-order valence-electron chi connectivity index (χ4n) is 1.51. The molecule has 0 saturated carbocycles. The molecular weight excluding hydrogens is 244 g/mol. The summed E-state index contributed by atoms with van der Waals surface area (Å²) in [6, 6.07) is 3.76. The number of halogens is 1. The summed E-state index contributed by atoms with van der Waals surface area (Å²) in [5.41, 5.74) is 1.57. The molecule has 0 aliphatic carbocycles. The van der Waals surface area contributed by atoms with Crippen molar-refractivity contribution in [2.24, 2.45) is 7.05 Å². The Hall–Kier alpha value is -1.16. The largest absolute Gasteiger partial charge is 0.335 e. The van der Waals surface area contributed by atoms with Gasteiger partial charge in [-0.15, -0.1) is 0 Å². The molecule has 2 heterocycles. The Kier molecular flexibility index (Phi) is 2.37. The second-order valence-corrected chi connectivity index (χ2v) is 3.65. The highest BCUT2D eigenvalue weighted by Crippen LogP contribution is 2.18. The fourth-order valence-corrected chi connectivity index (χ4v) is 1.81. The van der Waals surface area contributed by atoms with Crippen molar-refractivity contribution in [1.29, 1.82) is 0 Å². The van der Waals surface area contributed by atoms with Crippen molar-refractivity contribution in [3.63, 3.8) is 0 Å². The summed E-state index contributed by atoms with van der Waals surface area (Å²) in [6.45, 7) is 0. The minimum absolute atomic E-state index is 0.0867. The van der Waals surface area contributed by atoms with Crippen LogP contribution in [0.15, 0.2) is 24.5 Å². The van der Waals surface area contributed by atoms with E-state index in [4.69, 9.17) is 0 Å². The lowest BCUT2D eigenvalue weighted by Gasteiger charge is -1.92. The fraction of sp³-hybridized carbons (Fsp3) is 0.200. The highest BCUT2D eigenvalue weighted by atomic mass is 79.9. The van der Waals surface area contributed by atoms with Crippen molar-refractivity contribution < 1.29 is 4.79 Å². The molecule has 3 nitrogen and oxygen atoms in total. The molecule has 0 aromatic carbocycles. The van der Waals surface area contributed by atoms with E-state index >= 15 is 0 Å². The van der Waals surface area contributed by atoms with Gasteiger partial charge in [-0.25, -0.2) is 4.98 Å². The third-order valence-electron chi connectivity index (χ3n) is 2.16. The average molecular weight is 253 g/mol. The number of aryl methyl sites for hydroxylation is 1. The zero-order valence-corrected chi connectivity index (χ0v) is 9.28. The lowest BCUT2D eigenvalue weighted by Crippen LogP contribution is -1.98. The SMILES string of the molecule is Cn1cc(C(=O)CBr)c2cccnc21. The molecule has 72 valence electrons. The molecule has 4 heteroatoms. The molecule has 0 bridgehead atoms. The van der Waals surface area contributed by atoms with Gasteiger partial charge in [-0.2, -0.15) is 0 Å². The predicted octanol–water partition coefficient (Wildman–Crippen LogP) is 2.15. The van der Waals surface area contributed by atoms with E-state index in [-0.39, 0.29) is 5.78 Å². The van der Waals surface area contributed by atoms with E-state index in [0.717, 1.165) is 16.6 Å². The van der Waals surface area contributed by atoms with E-state index in [1.165, 1.54) is 0 Å². The zero-order chi connectivity index (χ0) is 10.1. The second kappa shape index (κ2) is 3.53. The maximum Gasteiger partial charge on any atom is 0.175 e. The van der Waals surface area contributed by atoms with Crippen molar-refractivity contribution in [1.82, 2.24) is 9.55 Å². The van der Waals surface area contributed by atoms with Gasteiger partial charge >= 0.3 is 0 Å². The van der Waals surface area contributed by atoms with Gasteiger partial charge in [0.25, 0.3) is 0 Å². The topological polar surface area (TPSA) is 34.9 Å². The van der Waals surface area contributed by atoms with Crippen LogP contribution in [0, 0.1) is 0 Å². The minimum atomic E-state index is 0.0867. The maximum atomic E-state index is 11.6. The van der Waals surface area contributed by atoms with Gasteiger partial charge in [0, 0.05) is 30.4 Å². The number of carbonyl (C=O) groups is 1. The van der Waals surface area contributed by atoms with Gasteiger partial charge < -0.3 is 4.57 Å². The Labute approximate surface area is 89.9 Å². The quantitative estimate of drug-likeness (QED) is 0.607. The molecule has 0 amide bonds. The van der Waals surface area contributed by atoms with Gasteiger partial charge in [-0.1, -0.05) is 15.9 Å².